The van der Waals surface area contributed by atoms with Gasteiger partial charge < -0.3 is 4.90 Å². The van der Waals surface area contributed by atoms with Crippen LogP contribution in [-0.4, -0.2) is 22.6 Å². The van der Waals surface area contributed by atoms with Gasteiger partial charge in [-0.05, 0) is 25.2 Å². The molecule has 1 aromatic rings. The summed E-state index contributed by atoms with van der Waals surface area (Å²) in [5.74, 6) is 2.72. The highest BCUT2D eigenvalue weighted by molar-refractivity contribution is 6.29. The van der Waals surface area contributed by atoms with Gasteiger partial charge in [-0.1, -0.05) is 32.4 Å². The van der Waals surface area contributed by atoms with Crippen molar-refractivity contribution in [3.8, 4) is 0 Å². The Morgan fingerprint density at radius 1 is 1.28 bits per heavy atom. The van der Waals surface area contributed by atoms with E-state index in [9.17, 15) is 0 Å². The van der Waals surface area contributed by atoms with E-state index in [0.717, 1.165) is 24.1 Å². The summed E-state index contributed by atoms with van der Waals surface area (Å²) in [6, 6.07) is 2.59. The van der Waals surface area contributed by atoms with Crippen LogP contribution in [0.2, 0.25) is 5.15 Å². The summed E-state index contributed by atoms with van der Waals surface area (Å²) in [6.45, 7) is 7.51. The molecule has 0 aromatic carbocycles. The van der Waals surface area contributed by atoms with Gasteiger partial charge in [-0.2, -0.15) is 0 Å². The van der Waals surface area contributed by atoms with Crippen LogP contribution < -0.4 is 4.90 Å². The van der Waals surface area contributed by atoms with Gasteiger partial charge in [-0.15, -0.1) is 0 Å². The number of hydrogen-bond donors (Lipinski definition) is 0. The third-order valence-corrected chi connectivity index (χ3v) is 4.25. The zero-order valence-electron chi connectivity index (χ0n) is 11.3. The fraction of sp³-hybridized carbons (Fsp3) is 0.714. The number of piperidine rings is 1. The number of anilines is 1. The first kappa shape index (κ1) is 12.2. The second-order valence-electron chi connectivity index (χ2n) is 6.61. The van der Waals surface area contributed by atoms with E-state index < -0.39 is 0 Å². The van der Waals surface area contributed by atoms with Crippen molar-refractivity contribution in [2.45, 2.75) is 51.5 Å². The molecule has 1 aromatic heterocycles. The summed E-state index contributed by atoms with van der Waals surface area (Å²) < 4.78 is 0. The molecule has 1 saturated carbocycles. The van der Waals surface area contributed by atoms with E-state index in [1.54, 1.807) is 0 Å². The summed E-state index contributed by atoms with van der Waals surface area (Å²) >= 11 is 6.16. The average molecular weight is 266 g/mol. The van der Waals surface area contributed by atoms with Gasteiger partial charge in [0.25, 0.3) is 0 Å². The molecule has 1 saturated heterocycles. The van der Waals surface area contributed by atoms with Crippen molar-refractivity contribution in [2.75, 3.05) is 11.4 Å². The number of nitrogens with zero attached hydrogens (tertiary/aromatic N) is 3. The molecule has 4 heteroatoms. The Bertz CT molecular complexity index is 467. The first-order valence-electron chi connectivity index (χ1n) is 6.75. The molecule has 2 atom stereocenters. The summed E-state index contributed by atoms with van der Waals surface area (Å²) in [5, 5.41) is 0.563. The predicted molar refractivity (Wildman–Crippen MR) is 74.2 cm³/mol. The molecule has 0 radical (unpaired) electrons. The first-order valence-corrected chi connectivity index (χ1v) is 7.13. The smallest absolute Gasteiger partial charge is 0.137 e. The summed E-state index contributed by atoms with van der Waals surface area (Å²) in [5.41, 5.74) is -0.0572. The third kappa shape index (κ3) is 2.09. The number of fused-ring (bicyclic) bond motifs is 2. The highest BCUT2D eigenvalue weighted by Gasteiger charge is 2.38. The molecule has 3 nitrogen and oxygen atoms in total. The van der Waals surface area contributed by atoms with Gasteiger partial charge in [0.05, 0.1) is 0 Å². The second kappa shape index (κ2) is 4.09. The summed E-state index contributed by atoms with van der Waals surface area (Å²) in [4.78, 5) is 11.5. The van der Waals surface area contributed by atoms with Gasteiger partial charge in [-0.25, -0.2) is 9.97 Å². The molecule has 2 bridgehead atoms. The lowest BCUT2D eigenvalue weighted by Gasteiger charge is -2.29. The zero-order valence-corrected chi connectivity index (χ0v) is 12.0. The van der Waals surface area contributed by atoms with E-state index >= 15 is 0 Å². The standard InChI is InChI=1S/C14H20ClN3/c1-14(2,3)13-16-11(15)7-12(17-13)18-8-9-4-5-10(18)6-9/h7,9-10H,4-6,8H2,1-3H3. The Balaban J connectivity index is 1.95. The van der Waals surface area contributed by atoms with Gasteiger partial charge in [0, 0.05) is 24.1 Å². The van der Waals surface area contributed by atoms with Crippen molar-refractivity contribution in [3.05, 3.63) is 17.0 Å². The fourth-order valence-electron chi connectivity index (χ4n) is 3.09. The average Bonchev–Trinajstić information content (AvgIpc) is 2.88. The molecule has 2 unspecified atom stereocenters. The van der Waals surface area contributed by atoms with E-state index in [0.29, 0.717) is 11.2 Å². The fourth-order valence-corrected chi connectivity index (χ4v) is 3.27. The minimum absolute atomic E-state index is 0.0572. The molecule has 18 heavy (non-hydrogen) atoms. The third-order valence-electron chi connectivity index (χ3n) is 4.06. The Hall–Kier alpha value is -0.830. The molecular weight excluding hydrogens is 246 g/mol. The molecule has 1 aliphatic carbocycles. The molecule has 1 aliphatic heterocycles. The Morgan fingerprint density at radius 3 is 2.61 bits per heavy atom. The predicted octanol–water partition coefficient (Wildman–Crippen LogP) is 3.42. The van der Waals surface area contributed by atoms with Crippen molar-refractivity contribution in [2.24, 2.45) is 5.92 Å². The maximum Gasteiger partial charge on any atom is 0.137 e. The largest absolute Gasteiger partial charge is 0.353 e. The van der Waals surface area contributed by atoms with Crippen molar-refractivity contribution in [3.63, 3.8) is 0 Å². The van der Waals surface area contributed by atoms with E-state index in [1.807, 2.05) is 6.07 Å². The topological polar surface area (TPSA) is 29.0 Å². The zero-order chi connectivity index (χ0) is 12.9. The number of halogens is 1. The monoisotopic (exact) mass is 265 g/mol. The van der Waals surface area contributed by atoms with Crippen LogP contribution in [-0.2, 0) is 5.41 Å². The lowest BCUT2D eigenvalue weighted by atomic mass is 9.96. The van der Waals surface area contributed by atoms with Crippen LogP contribution in [0, 0.1) is 5.92 Å². The van der Waals surface area contributed by atoms with Gasteiger partial charge in [0.15, 0.2) is 0 Å². The van der Waals surface area contributed by atoms with Crippen molar-refractivity contribution in [1.82, 2.24) is 9.97 Å². The van der Waals surface area contributed by atoms with Gasteiger partial charge in [-0.3, -0.25) is 0 Å². The SMILES string of the molecule is CC(C)(C)c1nc(Cl)cc(N2CC3CCC2C3)n1. The Labute approximate surface area is 114 Å². The van der Waals surface area contributed by atoms with Gasteiger partial charge >= 0.3 is 0 Å². The lowest BCUT2D eigenvalue weighted by molar-refractivity contribution is 0.530. The van der Waals surface area contributed by atoms with Crippen LogP contribution in [0.15, 0.2) is 6.07 Å². The minimum Gasteiger partial charge on any atom is -0.353 e. The van der Waals surface area contributed by atoms with Crippen molar-refractivity contribution >= 4 is 17.4 Å². The highest BCUT2D eigenvalue weighted by atomic mass is 35.5. The van der Waals surface area contributed by atoms with Crippen LogP contribution >= 0.6 is 11.6 Å². The summed E-state index contributed by atoms with van der Waals surface area (Å²) in [6.07, 6.45) is 4.01. The molecule has 3 rings (SSSR count). The van der Waals surface area contributed by atoms with Crippen molar-refractivity contribution < 1.29 is 0 Å². The van der Waals surface area contributed by atoms with Crippen LogP contribution in [0.25, 0.3) is 0 Å². The normalized spacial score (nSPS) is 27.0. The number of aromatic nitrogens is 2. The van der Waals surface area contributed by atoms with Crippen LogP contribution in [0.3, 0.4) is 0 Å². The molecule has 2 aliphatic rings. The van der Waals surface area contributed by atoms with E-state index in [-0.39, 0.29) is 5.41 Å². The van der Waals surface area contributed by atoms with Crippen LogP contribution in [0.4, 0.5) is 5.82 Å². The number of rotatable bonds is 1. The molecule has 0 spiro atoms. The number of hydrogen-bond acceptors (Lipinski definition) is 3. The molecule has 98 valence electrons. The molecule has 0 amide bonds. The maximum absolute atomic E-state index is 6.16. The Morgan fingerprint density at radius 2 is 2.06 bits per heavy atom. The molecule has 2 heterocycles. The maximum atomic E-state index is 6.16. The minimum atomic E-state index is -0.0572. The molecule has 2 fully saturated rings. The van der Waals surface area contributed by atoms with E-state index in [2.05, 4.69) is 30.7 Å². The van der Waals surface area contributed by atoms with Crippen LogP contribution in [0.1, 0.15) is 45.9 Å². The molecular formula is C14H20ClN3. The van der Waals surface area contributed by atoms with Crippen LogP contribution in [0.5, 0.6) is 0 Å². The molecule has 0 N–H and O–H groups in total. The quantitative estimate of drug-likeness (QED) is 0.729. The van der Waals surface area contributed by atoms with E-state index in [1.165, 1.54) is 19.3 Å². The van der Waals surface area contributed by atoms with Crippen molar-refractivity contribution in [1.29, 1.82) is 0 Å². The van der Waals surface area contributed by atoms with Gasteiger partial charge in [0.1, 0.15) is 16.8 Å². The van der Waals surface area contributed by atoms with Gasteiger partial charge in [0.2, 0.25) is 0 Å². The first-order chi connectivity index (χ1) is 8.43. The highest BCUT2D eigenvalue weighted by Crippen LogP contribution is 2.40. The summed E-state index contributed by atoms with van der Waals surface area (Å²) in [7, 11) is 0. The lowest BCUT2D eigenvalue weighted by Crippen LogP contribution is -2.33. The van der Waals surface area contributed by atoms with E-state index in [4.69, 9.17) is 16.6 Å². The Kier molecular flexibility index (Phi) is 2.77. The second-order valence-corrected chi connectivity index (χ2v) is 6.99.